The number of sulfonamides is 1. The molecule has 1 N–H and O–H groups in total. The number of fused-ring (bicyclic) bond motifs is 1. The summed E-state index contributed by atoms with van der Waals surface area (Å²) in [6.07, 6.45) is -3.55. The SMILES string of the molecule is CN=C(NCCS(=O)(=O)N1CCc2ccccc21)N1CCN(C(C)C(F)(F)F)CC1.I. The Morgan fingerprint density at radius 1 is 1.16 bits per heavy atom. The molecule has 3 rings (SSSR count). The van der Waals surface area contributed by atoms with Crippen LogP contribution in [0.5, 0.6) is 0 Å². The van der Waals surface area contributed by atoms with E-state index < -0.39 is 22.2 Å². The van der Waals surface area contributed by atoms with Crippen molar-refractivity contribution in [3.05, 3.63) is 29.8 Å². The van der Waals surface area contributed by atoms with E-state index in [1.54, 1.807) is 7.05 Å². The molecule has 31 heavy (non-hydrogen) atoms. The van der Waals surface area contributed by atoms with E-state index in [1.807, 2.05) is 29.2 Å². The van der Waals surface area contributed by atoms with Crippen LogP contribution in [-0.4, -0.2) is 88.5 Å². The van der Waals surface area contributed by atoms with Crippen molar-refractivity contribution < 1.29 is 21.6 Å². The second kappa shape index (κ2) is 10.6. The van der Waals surface area contributed by atoms with Gasteiger partial charge in [0.1, 0.15) is 6.04 Å². The molecule has 12 heteroatoms. The van der Waals surface area contributed by atoms with Gasteiger partial charge in [-0.25, -0.2) is 8.42 Å². The summed E-state index contributed by atoms with van der Waals surface area (Å²) < 4.78 is 65.7. The van der Waals surface area contributed by atoms with Gasteiger partial charge in [0.15, 0.2) is 5.96 Å². The van der Waals surface area contributed by atoms with Gasteiger partial charge in [-0.1, -0.05) is 18.2 Å². The zero-order chi connectivity index (χ0) is 21.9. The Balaban J connectivity index is 0.00000341. The van der Waals surface area contributed by atoms with Gasteiger partial charge >= 0.3 is 6.18 Å². The van der Waals surface area contributed by atoms with Crippen molar-refractivity contribution >= 4 is 45.6 Å². The lowest BCUT2D eigenvalue weighted by atomic mass is 10.2. The average Bonchev–Trinajstić information content (AvgIpc) is 3.15. The minimum atomic E-state index is -4.25. The summed E-state index contributed by atoms with van der Waals surface area (Å²) in [5, 5.41) is 3.05. The largest absolute Gasteiger partial charge is 0.403 e. The number of halogens is 4. The number of piperazine rings is 1. The molecule has 0 aromatic heterocycles. The van der Waals surface area contributed by atoms with Crippen LogP contribution in [0.3, 0.4) is 0 Å². The minimum Gasteiger partial charge on any atom is -0.355 e. The van der Waals surface area contributed by atoms with Gasteiger partial charge in [-0.2, -0.15) is 13.2 Å². The fourth-order valence-electron chi connectivity index (χ4n) is 3.86. The molecule has 1 unspecified atom stereocenters. The van der Waals surface area contributed by atoms with Crippen LogP contribution in [0.1, 0.15) is 12.5 Å². The van der Waals surface area contributed by atoms with E-state index in [9.17, 15) is 21.6 Å². The molecule has 176 valence electrons. The fraction of sp³-hybridized carbons (Fsp3) is 0.632. The van der Waals surface area contributed by atoms with Crippen LogP contribution < -0.4 is 9.62 Å². The number of nitrogens with one attached hydrogen (secondary N) is 1. The third-order valence-electron chi connectivity index (χ3n) is 5.67. The summed E-state index contributed by atoms with van der Waals surface area (Å²) in [5.41, 5.74) is 1.76. The number of hydrogen-bond donors (Lipinski definition) is 1. The summed E-state index contributed by atoms with van der Waals surface area (Å²) in [6, 6.07) is 5.99. The van der Waals surface area contributed by atoms with E-state index in [1.165, 1.54) is 16.1 Å². The van der Waals surface area contributed by atoms with Crippen molar-refractivity contribution in [2.24, 2.45) is 4.99 Å². The van der Waals surface area contributed by atoms with Gasteiger partial charge in [0.25, 0.3) is 0 Å². The van der Waals surface area contributed by atoms with Crippen LogP contribution in [0, 0.1) is 0 Å². The molecule has 1 aromatic rings. The van der Waals surface area contributed by atoms with Gasteiger partial charge in [-0.05, 0) is 25.0 Å². The number of anilines is 1. The Bertz CT molecular complexity index is 874. The highest BCUT2D eigenvalue weighted by molar-refractivity contribution is 14.0. The van der Waals surface area contributed by atoms with Crippen molar-refractivity contribution in [1.82, 2.24) is 15.1 Å². The molecule has 1 saturated heterocycles. The first kappa shape index (κ1) is 26.0. The monoisotopic (exact) mass is 575 g/mol. The summed E-state index contributed by atoms with van der Waals surface area (Å²) in [7, 11) is -1.90. The lowest BCUT2D eigenvalue weighted by molar-refractivity contribution is -0.181. The van der Waals surface area contributed by atoms with Crippen LogP contribution in [-0.2, 0) is 16.4 Å². The molecule has 7 nitrogen and oxygen atoms in total. The molecule has 0 bridgehead atoms. The number of benzene rings is 1. The highest BCUT2D eigenvalue weighted by Crippen LogP contribution is 2.30. The number of hydrogen-bond acceptors (Lipinski definition) is 4. The number of rotatable bonds is 5. The molecular weight excluding hydrogens is 546 g/mol. The van der Waals surface area contributed by atoms with E-state index in [0.717, 1.165) is 11.3 Å². The predicted molar refractivity (Wildman–Crippen MR) is 127 cm³/mol. The molecule has 0 radical (unpaired) electrons. The number of nitrogens with zero attached hydrogens (tertiary/aromatic N) is 4. The topological polar surface area (TPSA) is 68.2 Å². The van der Waals surface area contributed by atoms with Crippen molar-refractivity contribution in [2.75, 3.05) is 56.4 Å². The third-order valence-corrected chi connectivity index (χ3v) is 7.44. The maximum atomic E-state index is 12.9. The standard InChI is InChI=1S/C19H28F3N5O2S.HI/c1-15(19(20,21)22)25-10-12-26(13-11-25)18(23-2)24-8-14-30(28,29)27-9-7-16-5-3-4-6-17(16)27;/h3-6,15H,7-14H2,1-2H3,(H,23,24);1H. The minimum absolute atomic E-state index is 0. The van der Waals surface area contributed by atoms with E-state index in [-0.39, 0.29) is 49.4 Å². The zero-order valence-corrected chi connectivity index (χ0v) is 20.7. The molecule has 1 aromatic carbocycles. The van der Waals surface area contributed by atoms with Gasteiger partial charge in [-0.15, -0.1) is 24.0 Å². The van der Waals surface area contributed by atoms with Crippen LogP contribution in [0.4, 0.5) is 18.9 Å². The summed E-state index contributed by atoms with van der Waals surface area (Å²) in [4.78, 5) is 7.43. The molecule has 2 heterocycles. The first-order valence-corrected chi connectivity index (χ1v) is 11.6. The second-order valence-electron chi connectivity index (χ2n) is 7.48. The van der Waals surface area contributed by atoms with Crippen LogP contribution in [0.25, 0.3) is 0 Å². The number of aliphatic imine (C=N–C) groups is 1. The predicted octanol–water partition coefficient (Wildman–Crippen LogP) is 2.14. The van der Waals surface area contributed by atoms with Crippen molar-refractivity contribution in [3.8, 4) is 0 Å². The molecule has 0 aliphatic carbocycles. The Labute approximate surface area is 198 Å². The lowest BCUT2D eigenvalue weighted by Gasteiger charge is -2.39. The highest BCUT2D eigenvalue weighted by atomic mass is 127. The van der Waals surface area contributed by atoms with E-state index in [0.29, 0.717) is 32.0 Å². The zero-order valence-electron chi connectivity index (χ0n) is 17.6. The highest BCUT2D eigenvalue weighted by Gasteiger charge is 2.41. The number of alkyl halides is 3. The summed E-state index contributed by atoms with van der Waals surface area (Å²) >= 11 is 0. The first-order chi connectivity index (χ1) is 14.1. The van der Waals surface area contributed by atoms with E-state index >= 15 is 0 Å². The van der Waals surface area contributed by atoms with Crippen molar-refractivity contribution in [2.45, 2.75) is 25.6 Å². The van der Waals surface area contributed by atoms with Gasteiger partial charge in [-0.3, -0.25) is 14.2 Å². The Hall–Kier alpha value is -1.28. The summed E-state index contributed by atoms with van der Waals surface area (Å²) in [5.74, 6) is 0.414. The molecular formula is C19H29F3IN5O2S. The van der Waals surface area contributed by atoms with Crippen molar-refractivity contribution in [1.29, 1.82) is 0 Å². The quantitative estimate of drug-likeness (QED) is 0.331. The summed E-state index contributed by atoms with van der Waals surface area (Å²) in [6.45, 7) is 3.11. The van der Waals surface area contributed by atoms with Gasteiger partial charge in [0.05, 0.1) is 11.4 Å². The van der Waals surface area contributed by atoms with E-state index in [4.69, 9.17) is 0 Å². The Kier molecular flexibility index (Phi) is 8.85. The Morgan fingerprint density at radius 2 is 1.81 bits per heavy atom. The Morgan fingerprint density at radius 3 is 2.42 bits per heavy atom. The third kappa shape index (κ3) is 6.15. The van der Waals surface area contributed by atoms with Crippen LogP contribution in [0.2, 0.25) is 0 Å². The molecule has 0 spiro atoms. The van der Waals surface area contributed by atoms with Crippen LogP contribution in [0.15, 0.2) is 29.3 Å². The van der Waals surface area contributed by atoms with Gasteiger partial charge in [0, 0.05) is 46.3 Å². The molecule has 0 amide bonds. The van der Waals surface area contributed by atoms with Crippen molar-refractivity contribution in [3.63, 3.8) is 0 Å². The smallest absolute Gasteiger partial charge is 0.355 e. The molecule has 1 atom stereocenters. The second-order valence-corrected chi connectivity index (χ2v) is 9.49. The van der Waals surface area contributed by atoms with Gasteiger partial charge < -0.3 is 10.2 Å². The van der Waals surface area contributed by atoms with E-state index in [2.05, 4.69) is 10.3 Å². The number of para-hydroxylation sites is 1. The maximum absolute atomic E-state index is 12.9. The molecule has 2 aliphatic heterocycles. The molecule has 1 fully saturated rings. The average molecular weight is 575 g/mol. The van der Waals surface area contributed by atoms with Crippen LogP contribution >= 0.6 is 24.0 Å². The maximum Gasteiger partial charge on any atom is 0.403 e. The number of guanidine groups is 1. The lowest BCUT2D eigenvalue weighted by Crippen LogP contribution is -2.57. The molecule has 0 saturated carbocycles. The first-order valence-electron chi connectivity index (χ1n) is 9.98. The fourth-order valence-corrected chi connectivity index (χ4v) is 5.29. The normalized spacial score (nSPS) is 19.1. The van der Waals surface area contributed by atoms with Gasteiger partial charge in [0.2, 0.25) is 10.0 Å². The molecule has 2 aliphatic rings.